The number of alkyl carbamates (subject to hydrolysis) is 1. The smallest absolute Gasteiger partial charge is 0.410 e. The van der Waals surface area contributed by atoms with Crippen LogP contribution in [0.5, 0.6) is 0 Å². The molecule has 0 spiro atoms. The maximum atomic E-state index is 12.7. The van der Waals surface area contributed by atoms with E-state index in [-0.39, 0.29) is 18.6 Å². The summed E-state index contributed by atoms with van der Waals surface area (Å²) < 4.78 is 16.8. The van der Waals surface area contributed by atoms with Crippen LogP contribution in [0.4, 0.5) is 9.59 Å². The zero-order chi connectivity index (χ0) is 36.1. The molecular formula is C39H77N3O6. The summed E-state index contributed by atoms with van der Waals surface area (Å²) >= 11 is 0. The first-order valence-corrected chi connectivity index (χ1v) is 19.6. The molecule has 0 aromatic heterocycles. The molecule has 0 aliphatic rings. The first kappa shape index (κ1) is 46.0. The van der Waals surface area contributed by atoms with Crippen molar-refractivity contribution >= 4 is 18.2 Å². The third-order valence-corrected chi connectivity index (χ3v) is 8.05. The predicted octanol–water partition coefficient (Wildman–Crippen LogP) is 10.1. The number of carbonyl (C=O) groups is 3. The van der Waals surface area contributed by atoms with Crippen molar-refractivity contribution in [3.63, 3.8) is 0 Å². The van der Waals surface area contributed by atoms with Gasteiger partial charge in [-0.05, 0) is 86.6 Å². The lowest BCUT2D eigenvalue weighted by molar-refractivity contribution is -0.150. The van der Waals surface area contributed by atoms with Crippen molar-refractivity contribution in [2.24, 2.45) is 0 Å². The van der Waals surface area contributed by atoms with Crippen LogP contribution in [0.2, 0.25) is 0 Å². The normalized spacial score (nSPS) is 11.9. The molecule has 0 heterocycles. The standard InChI is InChI=1S/C39H77N3O6/c1-9-11-13-15-18-22-26-34(27-23-19-16-14-12-10-2)46-35(43)28-24-20-17-21-25-29-40-30-32-42(37(45)48-39(6,7)8)33-31-41-36(44)47-38(3,4)5/h34,40H,9-33H2,1-8H3,(H,41,44). The van der Waals surface area contributed by atoms with E-state index in [1.54, 1.807) is 4.90 Å². The van der Waals surface area contributed by atoms with Crippen molar-refractivity contribution in [3.05, 3.63) is 0 Å². The van der Waals surface area contributed by atoms with Crippen LogP contribution in [0, 0.1) is 0 Å². The molecule has 0 fully saturated rings. The minimum atomic E-state index is -0.596. The van der Waals surface area contributed by atoms with Crippen molar-refractivity contribution in [1.29, 1.82) is 0 Å². The summed E-state index contributed by atoms with van der Waals surface area (Å²) in [5.41, 5.74) is -1.17. The average Bonchev–Trinajstić information content (AvgIpc) is 2.98. The summed E-state index contributed by atoms with van der Waals surface area (Å²) in [5, 5.41) is 6.13. The summed E-state index contributed by atoms with van der Waals surface area (Å²) in [4.78, 5) is 39.0. The van der Waals surface area contributed by atoms with Gasteiger partial charge in [-0.1, -0.05) is 97.3 Å². The number of rotatable bonds is 29. The fourth-order valence-corrected chi connectivity index (χ4v) is 5.43. The molecule has 284 valence electrons. The summed E-state index contributed by atoms with van der Waals surface area (Å²) in [6, 6.07) is 0. The second-order valence-electron chi connectivity index (χ2n) is 15.4. The Labute approximate surface area is 295 Å². The van der Waals surface area contributed by atoms with Crippen LogP contribution in [0.3, 0.4) is 0 Å². The second-order valence-corrected chi connectivity index (χ2v) is 15.4. The van der Waals surface area contributed by atoms with Gasteiger partial charge in [0, 0.05) is 32.6 Å². The summed E-state index contributed by atoms with van der Waals surface area (Å²) in [6.07, 6.45) is 22.1. The minimum absolute atomic E-state index is 0.0190. The Bertz CT molecular complexity index is 793. The van der Waals surface area contributed by atoms with Gasteiger partial charge in [-0.25, -0.2) is 9.59 Å². The van der Waals surface area contributed by atoms with E-state index in [0.29, 0.717) is 26.1 Å². The Morgan fingerprint density at radius 3 is 1.60 bits per heavy atom. The molecule has 0 radical (unpaired) electrons. The number of nitrogens with zero attached hydrogens (tertiary/aromatic N) is 1. The molecule has 0 bridgehead atoms. The summed E-state index contributed by atoms with van der Waals surface area (Å²) in [6.45, 7) is 18.0. The highest BCUT2D eigenvalue weighted by molar-refractivity contribution is 5.70. The van der Waals surface area contributed by atoms with Gasteiger partial charge >= 0.3 is 18.2 Å². The number of nitrogens with one attached hydrogen (secondary N) is 2. The molecule has 48 heavy (non-hydrogen) atoms. The Balaban J connectivity index is 4.28. The van der Waals surface area contributed by atoms with Gasteiger partial charge in [0.05, 0.1) is 0 Å². The van der Waals surface area contributed by atoms with Gasteiger partial charge in [0.1, 0.15) is 17.3 Å². The van der Waals surface area contributed by atoms with Crippen LogP contribution in [0.1, 0.15) is 184 Å². The second kappa shape index (κ2) is 28.8. The predicted molar refractivity (Wildman–Crippen MR) is 198 cm³/mol. The van der Waals surface area contributed by atoms with Gasteiger partial charge in [0.25, 0.3) is 0 Å². The number of ether oxygens (including phenoxy) is 3. The molecule has 0 saturated heterocycles. The lowest BCUT2D eigenvalue weighted by Crippen LogP contribution is -2.44. The highest BCUT2D eigenvalue weighted by Crippen LogP contribution is 2.18. The minimum Gasteiger partial charge on any atom is -0.462 e. The third kappa shape index (κ3) is 31.3. The van der Waals surface area contributed by atoms with Crippen molar-refractivity contribution in [1.82, 2.24) is 15.5 Å². The molecule has 0 unspecified atom stereocenters. The fraction of sp³-hybridized carbons (Fsp3) is 0.923. The van der Waals surface area contributed by atoms with Crippen LogP contribution >= 0.6 is 0 Å². The average molecular weight is 684 g/mol. The molecule has 0 aromatic rings. The molecule has 0 aliphatic carbocycles. The molecule has 0 rings (SSSR count). The van der Waals surface area contributed by atoms with Gasteiger partial charge in [0.2, 0.25) is 0 Å². The van der Waals surface area contributed by atoms with Crippen LogP contribution in [-0.4, -0.2) is 73.1 Å². The van der Waals surface area contributed by atoms with E-state index in [2.05, 4.69) is 24.5 Å². The van der Waals surface area contributed by atoms with Crippen molar-refractivity contribution in [2.75, 3.05) is 32.7 Å². The van der Waals surface area contributed by atoms with E-state index < -0.39 is 23.4 Å². The first-order valence-electron chi connectivity index (χ1n) is 19.6. The summed E-state index contributed by atoms with van der Waals surface area (Å²) in [5.74, 6) is -0.0190. The maximum Gasteiger partial charge on any atom is 0.410 e. The Kier molecular flexibility index (Phi) is 27.6. The quantitative estimate of drug-likeness (QED) is 0.0459. The number of carbonyl (C=O) groups excluding carboxylic acids is 3. The van der Waals surface area contributed by atoms with Gasteiger partial charge < -0.3 is 29.7 Å². The van der Waals surface area contributed by atoms with Gasteiger partial charge in [-0.2, -0.15) is 0 Å². The molecule has 0 aliphatic heterocycles. The number of hydrogen-bond acceptors (Lipinski definition) is 7. The van der Waals surface area contributed by atoms with E-state index in [9.17, 15) is 14.4 Å². The van der Waals surface area contributed by atoms with E-state index in [0.717, 1.165) is 64.3 Å². The van der Waals surface area contributed by atoms with E-state index in [1.807, 2.05) is 41.5 Å². The zero-order valence-corrected chi connectivity index (χ0v) is 32.7. The number of hydrogen-bond donors (Lipinski definition) is 2. The Morgan fingerprint density at radius 2 is 1.06 bits per heavy atom. The molecular weight excluding hydrogens is 606 g/mol. The molecule has 9 nitrogen and oxygen atoms in total. The molecule has 0 saturated carbocycles. The largest absolute Gasteiger partial charge is 0.462 e. The number of unbranched alkanes of at least 4 members (excludes halogenated alkanes) is 14. The van der Waals surface area contributed by atoms with Crippen molar-refractivity contribution in [2.45, 2.75) is 201 Å². The van der Waals surface area contributed by atoms with E-state index in [4.69, 9.17) is 14.2 Å². The first-order chi connectivity index (χ1) is 22.8. The van der Waals surface area contributed by atoms with Gasteiger partial charge in [0.15, 0.2) is 0 Å². The lowest BCUT2D eigenvalue weighted by atomic mass is 10.0. The lowest BCUT2D eigenvalue weighted by Gasteiger charge is -2.28. The van der Waals surface area contributed by atoms with Crippen LogP contribution < -0.4 is 10.6 Å². The summed E-state index contributed by atoms with van der Waals surface area (Å²) in [7, 11) is 0. The molecule has 0 atom stereocenters. The third-order valence-electron chi connectivity index (χ3n) is 8.05. The topological polar surface area (TPSA) is 106 Å². The zero-order valence-electron chi connectivity index (χ0n) is 32.7. The van der Waals surface area contributed by atoms with E-state index >= 15 is 0 Å². The maximum absolute atomic E-state index is 12.7. The van der Waals surface area contributed by atoms with Crippen LogP contribution in [0.15, 0.2) is 0 Å². The highest BCUT2D eigenvalue weighted by atomic mass is 16.6. The van der Waals surface area contributed by atoms with E-state index in [1.165, 1.54) is 64.2 Å². The van der Waals surface area contributed by atoms with Crippen LogP contribution in [0.25, 0.3) is 0 Å². The van der Waals surface area contributed by atoms with Crippen molar-refractivity contribution in [3.8, 4) is 0 Å². The Hall–Kier alpha value is -2.03. The molecule has 2 amide bonds. The van der Waals surface area contributed by atoms with Gasteiger partial charge in [-0.3, -0.25) is 4.79 Å². The van der Waals surface area contributed by atoms with Crippen molar-refractivity contribution < 1.29 is 28.6 Å². The highest BCUT2D eigenvalue weighted by Gasteiger charge is 2.22. The number of amides is 2. The SMILES string of the molecule is CCCCCCCCC(CCCCCCCC)OC(=O)CCCCCCCNCCN(CCNC(=O)OC(C)(C)C)C(=O)OC(C)(C)C. The molecule has 0 aromatic carbocycles. The monoisotopic (exact) mass is 684 g/mol. The number of esters is 1. The molecule has 2 N–H and O–H groups in total. The molecule has 9 heteroatoms. The van der Waals surface area contributed by atoms with Gasteiger partial charge in [-0.15, -0.1) is 0 Å². The van der Waals surface area contributed by atoms with Crippen LogP contribution in [-0.2, 0) is 19.0 Å². The fourth-order valence-electron chi connectivity index (χ4n) is 5.43. The Morgan fingerprint density at radius 1 is 0.583 bits per heavy atom.